The van der Waals surface area contributed by atoms with Crippen molar-refractivity contribution in [3.05, 3.63) is 54.1 Å². The molecule has 0 atom stereocenters. The Morgan fingerprint density at radius 1 is 1.33 bits per heavy atom. The Hall–Kier alpha value is -1.90. The molecule has 15 heavy (non-hydrogen) atoms. The van der Waals surface area contributed by atoms with E-state index in [1.807, 2.05) is 43.5 Å². The van der Waals surface area contributed by atoms with E-state index in [4.69, 9.17) is 0 Å². The molecule has 0 N–H and O–H groups in total. The topological polar surface area (TPSA) is 34.9 Å². The van der Waals surface area contributed by atoms with E-state index in [0.29, 0.717) is 6.54 Å². The maximum absolute atomic E-state index is 11.8. The molecule has 0 saturated carbocycles. The lowest BCUT2D eigenvalue weighted by Crippen LogP contribution is -2.08. The number of carbonyl (C=O) groups excluding carboxylic acids is 1. The number of aryl methyl sites for hydroxylation is 1. The molecule has 2 aromatic rings. The van der Waals surface area contributed by atoms with Crippen LogP contribution in [-0.4, -0.2) is 15.3 Å². The standard InChI is InChI=1S/C12H12N2O/c1-10-7-14(9-13-10)8-12(15)11-5-3-2-4-6-11/h2-7,9H,8H2,1H3. The lowest BCUT2D eigenvalue weighted by Gasteiger charge is -2.00. The van der Waals surface area contributed by atoms with Crippen molar-refractivity contribution < 1.29 is 4.79 Å². The zero-order valence-corrected chi connectivity index (χ0v) is 8.55. The minimum absolute atomic E-state index is 0.105. The van der Waals surface area contributed by atoms with Crippen molar-refractivity contribution in [2.24, 2.45) is 0 Å². The van der Waals surface area contributed by atoms with Gasteiger partial charge in [-0.15, -0.1) is 0 Å². The quantitative estimate of drug-likeness (QED) is 0.711. The Kier molecular flexibility index (Phi) is 2.63. The monoisotopic (exact) mass is 200 g/mol. The van der Waals surface area contributed by atoms with Crippen molar-refractivity contribution >= 4 is 5.78 Å². The predicted molar refractivity (Wildman–Crippen MR) is 57.7 cm³/mol. The van der Waals surface area contributed by atoms with Gasteiger partial charge in [0.05, 0.1) is 18.6 Å². The lowest BCUT2D eigenvalue weighted by atomic mass is 10.1. The number of Topliss-reactive ketones (excluding diaryl/α,β-unsaturated/α-hetero) is 1. The zero-order chi connectivity index (χ0) is 10.7. The molecule has 0 aliphatic carbocycles. The van der Waals surface area contributed by atoms with Gasteiger partial charge >= 0.3 is 0 Å². The van der Waals surface area contributed by atoms with Gasteiger partial charge in [0.25, 0.3) is 0 Å². The second-order valence-electron chi connectivity index (χ2n) is 3.48. The average Bonchev–Trinajstić information content (AvgIpc) is 2.65. The summed E-state index contributed by atoms with van der Waals surface area (Å²) in [5.41, 5.74) is 1.67. The SMILES string of the molecule is Cc1cn(CC(=O)c2ccccc2)cn1. The van der Waals surface area contributed by atoms with Crippen LogP contribution in [0.4, 0.5) is 0 Å². The number of imidazole rings is 1. The van der Waals surface area contributed by atoms with Crippen molar-refractivity contribution in [2.75, 3.05) is 0 Å². The third-order valence-corrected chi connectivity index (χ3v) is 2.18. The molecule has 0 unspecified atom stereocenters. The van der Waals surface area contributed by atoms with Gasteiger partial charge in [-0.05, 0) is 6.92 Å². The van der Waals surface area contributed by atoms with Crippen molar-refractivity contribution in [2.45, 2.75) is 13.5 Å². The molecule has 1 aromatic heterocycles. The predicted octanol–water partition coefficient (Wildman–Crippen LogP) is 2.07. The molecule has 0 saturated heterocycles. The normalized spacial score (nSPS) is 10.2. The number of hydrogen-bond donors (Lipinski definition) is 0. The van der Waals surface area contributed by atoms with Crippen LogP contribution >= 0.6 is 0 Å². The second kappa shape index (κ2) is 4.09. The summed E-state index contributed by atoms with van der Waals surface area (Å²) in [6.07, 6.45) is 3.54. The number of nitrogens with zero attached hydrogens (tertiary/aromatic N) is 2. The fourth-order valence-electron chi connectivity index (χ4n) is 1.44. The van der Waals surface area contributed by atoms with Crippen molar-refractivity contribution in [3.63, 3.8) is 0 Å². The summed E-state index contributed by atoms with van der Waals surface area (Å²) in [4.78, 5) is 15.8. The summed E-state index contributed by atoms with van der Waals surface area (Å²) < 4.78 is 1.80. The molecule has 3 nitrogen and oxygen atoms in total. The molecule has 0 radical (unpaired) electrons. The van der Waals surface area contributed by atoms with Crippen LogP contribution in [0, 0.1) is 6.92 Å². The summed E-state index contributed by atoms with van der Waals surface area (Å²) in [5, 5.41) is 0. The molecule has 0 amide bonds. The summed E-state index contributed by atoms with van der Waals surface area (Å²) in [6.45, 7) is 2.26. The molecule has 2 rings (SSSR count). The Balaban J connectivity index is 2.11. The van der Waals surface area contributed by atoms with Crippen LogP contribution < -0.4 is 0 Å². The highest BCUT2D eigenvalue weighted by molar-refractivity contribution is 5.95. The first kappa shape index (κ1) is 9.65. The molecule has 1 heterocycles. The van der Waals surface area contributed by atoms with E-state index in [1.165, 1.54) is 0 Å². The third-order valence-electron chi connectivity index (χ3n) is 2.18. The summed E-state index contributed by atoms with van der Waals surface area (Å²) in [7, 11) is 0. The van der Waals surface area contributed by atoms with Crippen LogP contribution in [-0.2, 0) is 6.54 Å². The molecule has 3 heteroatoms. The van der Waals surface area contributed by atoms with Gasteiger partial charge in [0.2, 0.25) is 0 Å². The van der Waals surface area contributed by atoms with E-state index in [2.05, 4.69) is 4.98 Å². The van der Waals surface area contributed by atoms with Crippen LogP contribution in [0.3, 0.4) is 0 Å². The van der Waals surface area contributed by atoms with Crippen LogP contribution in [0.25, 0.3) is 0 Å². The minimum atomic E-state index is 0.105. The van der Waals surface area contributed by atoms with E-state index in [1.54, 1.807) is 10.9 Å². The Bertz CT molecular complexity index is 459. The summed E-state index contributed by atoms with van der Waals surface area (Å²) >= 11 is 0. The third kappa shape index (κ3) is 2.31. The van der Waals surface area contributed by atoms with Gasteiger partial charge in [-0.3, -0.25) is 4.79 Å². The fraction of sp³-hybridized carbons (Fsp3) is 0.167. The van der Waals surface area contributed by atoms with Gasteiger partial charge in [0.1, 0.15) is 0 Å². The first-order chi connectivity index (χ1) is 7.25. The zero-order valence-electron chi connectivity index (χ0n) is 8.55. The number of hydrogen-bond acceptors (Lipinski definition) is 2. The molecule has 0 spiro atoms. The summed E-state index contributed by atoms with van der Waals surface area (Å²) in [6, 6.07) is 9.29. The van der Waals surface area contributed by atoms with E-state index in [-0.39, 0.29) is 5.78 Å². The van der Waals surface area contributed by atoms with Gasteiger partial charge in [-0.1, -0.05) is 30.3 Å². The molecule has 0 aliphatic heterocycles. The number of benzene rings is 1. The van der Waals surface area contributed by atoms with E-state index in [9.17, 15) is 4.79 Å². The largest absolute Gasteiger partial charge is 0.329 e. The van der Waals surface area contributed by atoms with E-state index < -0.39 is 0 Å². The highest BCUT2D eigenvalue weighted by atomic mass is 16.1. The Labute approximate surface area is 88.4 Å². The summed E-state index contributed by atoms with van der Waals surface area (Å²) in [5.74, 6) is 0.105. The molecule has 1 aromatic carbocycles. The van der Waals surface area contributed by atoms with E-state index in [0.717, 1.165) is 11.3 Å². The van der Waals surface area contributed by atoms with Crippen LogP contribution in [0.15, 0.2) is 42.9 Å². The molecule has 0 fully saturated rings. The molecule has 0 bridgehead atoms. The maximum atomic E-state index is 11.8. The smallest absolute Gasteiger partial charge is 0.182 e. The molecule has 76 valence electrons. The number of aromatic nitrogens is 2. The average molecular weight is 200 g/mol. The molecular weight excluding hydrogens is 188 g/mol. The minimum Gasteiger partial charge on any atom is -0.329 e. The van der Waals surface area contributed by atoms with Crippen molar-refractivity contribution in [3.8, 4) is 0 Å². The van der Waals surface area contributed by atoms with Gasteiger partial charge in [0.15, 0.2) is 5.78 Å². The maximum Gasteiger partial charge on any atom is 0.182 e. The van der Waals surface area contributed by atoms with Gasteiger partial charge in [0, 0.05) is 11.8 Å². The van der Waals surface area contributed by atoms with Gasteiger partial charge in [-0.25, -0.2) is 4.98 Å². The Morgan fingerprint density at radius 3 is 2.67 bits per heavy atom. The number of rotatable bonds is 3. The molecular formula is C12H12N2O. The number of carbonyl (C=O) groups is 1. The van der Waals surface area contributed by atoms with Gasteiger partial charge < -0.3 is 4.57 Å². The fourth-order valence-corrected chi connectivity index (χ4v) is 1.44. The Morgan fingerprint density at radius 2 is 2.07 bits per heavy atom. The van der Waals surface area contributed by atoms with Gasteiger partial charge in [-0.2, -0.15) is 0 Å². The number of ketones is 1. The van der Waals surface area contributed by atoms with Crippen LogP contribution in [0.1, 0.15) is 16.1 Å². The van der Waals surface area contributed by atoms with Crippen LogP contribution in [0.5, 0.6) is 0 Å². The second-order valence-corrected chi connectivity index (χ2v) is 3.48. The van der Waals surface area contributed by atoms with E-state index >= 15 is 0 Å². The lowest BCUT2D eigenvalue weighted by molar-refractivity contribution is 0.0972. The first-order valence-corrected chi connectivity index (χ1v) is 4.82. The van der Waals surface area contributed by atoms with Crippen LogP contribution in [0.2, 0.25) is 0 Å². The highest BCUT2D eigenvalue weighted by Gasteiger charge is 2.05. The molecule has 0 aliphatic rings. The highest BCUT2D eigenvalue weighted by Crippen LogP contribution is 2.02. The van der Waals surface area contributed by atoms with Crippen molar-refractivity contribution in [1.82, 2.24) is 9.55 Å². The van der Waals surface area contributed by atoms with Crippen molar-refractivity contribution in [1.29, 1.82) is 0 Å². The first-order valence-electron chi connectivity index (χ1n) is 4.82.